The maximum Gasteiger partial charge on any atom is 0.393 e. The lowest BCUT2D eigenvalue weighted by atomic mass is 9.65. The molecule has 492 valence electrons. The van der Waals surface area contributed by atoms with Crippen molar-refractivity contribution in [3.05, 3.63) is 0 Å². The van der Waals surface area contributed by atoms with Crippen LogP contribution in [-0.4, -0.2) is 6.18 Å². The van der Waals surface area contributed by atoms with Crippen molar-refractivity contribution in [1.29, 1.82) is 0 Å². The molecule has 3 heteroatoms. The second kappa shape index (κ2) is 37.5. The summed E-state index contributed by atoms with van der Waals surface area (Å²) < 4.78 is 203. The standard InChI is InChI=1S/C12H24.C10H20.C9H17F3.C9H18.C9H20.C8H18.2C7H16.C6H14/c1-11(2,3)10-6-8-12(4,5)9-7-10;1-10(2,3)9-7-5-4-6-8-9;1-7(2,3)6-8(4,5)9(10,11)12;1-9(2,3)8-6-4-5-7-8;1-8(2,3)7-9(4,5)6;1-7(2)6-8(3,4)5;2*1-6(2)7(3,4)5;1-5-6(2,3)4/h10H,6-9H2,1-5H3;9H,4-8H2,1-3H3;6H2,1-5H3;8H,4-7H2,1-3H3;7H2,1-6H3;7H,6H2,1-5H3;2*6H,1-5H3;5H2,1-4H3/i10D;9D;6D2;8D;7D2;6D2;1D3,2D3,6D;6D;1D3,5D2. The molecule has 0 N–H and O–H groups in total. The van der Waals surface area contributed by atoms with Gasteiger partial charge in [-0.25, -0.2) is 0 Å². The third-order valence-electron chi connectivity index (χ3n) is 13.5. The van der Waals surface area contributed by atoms with Crippen LogP contribution in [0.5, 0.6) is 0 Å². The van der Waals surface area contributed by atoms with Gasteiger partial charge in [0.15, 0.2) is 0 Å². The van der Waals surface area contributed by atoms with Crippen molar-refractivity contribution in [3.8, 4) is 0 Å². The molecular formula is C77H163F3. The maximum absolute atomic E-state index is 12.6. The highest BCUT2D eigenvalue weighted by atomic mass is 19.4. The van der Waals surface area contributed by atoms with E-state index >= 15 is 0 Å². The summed E-state index contributed by atoms with van der Waals surface area (Å²) in [6.45, 7) is 63.0. The van der Waals surface area contributed by atoms with E-state index in [-0.39, 0.29) is 67.4 Å². The van der Waals surface area contributed by atoms with Crippen LogP contribution in [0.2, 0.25) is 0 Å². The summed E-state index contributed by atoms with van der Waals surface area (Å²) in [6, 6.07) is 0. The second-order valence-electron chi connectivity index (χ2n) is 35.4. The van der Waals surface area contributed by atoms with E-state index in [4.69, 9.17) is 30.2 Å². The topological polar surface area (TPSA) is 0 Å². The molecule has 0 spiro atoms. The average molecular weight is 1170 g/mol. The molecule has 0 nitrogen and oxygen atoms in total. The molecule has 0 radical (unpaired) electrons. The highest BCUT2D eigenvalue weighted by molar-refractivity contribution is 4.85. The van der Waals surface area contributed by atoms with Crippen LogP contribution in [0.1, 0.15) is 423 Å². The summed E-state index contributed by atoms with van der Waals surface area (Å²) in [5.41, 5.74) is -5.12. The van der Waals surface area contributed by atoms with E-state index in [0.29, 0.717) is 5.41 Å². The molecular weight excluding hydrogens is 982 g/mol. The molecule has 0 saturated heterocycles. The molecule has 0 atom stereocenters. The van der Waals surface area contributed by atoms with E-state index in [9.17, 15) is 13.2 Å². The van der Waals surface area contributed by atoms with E-state index < -0.39 is 79.8 Å². The zero-order chi connectivity index (χ0) is 85.3. The minimum absolute atomic E-state index is 0.0903. The molecule has 0 aromatic carbocycles. The Labute approximate surface area is 541 Å². The molecule has 0 heterocycles. The van der Waals surface area contributed by atoms with Gasteiger partial charge in [-0.3, -0.25) is 0 Å². The van der Waals surface area contributed by atoms with Crippen molar-refractivity contribution in [2.75, 3.05) is 0 Å². The van der Waals surface area contributed by atoms with Gasteiger partial charge < -0.3 is 0 Å². The smallest absolute Gasteiger partial charge is 0.171 e. The predicted molar refractivity (Wildman–Crippen MR) is 367 cm³/mol. The summed E-state index contributed by atoms with van der Waals surface area (Å²) in [6.07, 6.45) is 4.25. The van der Waals surface area contributed by atoms with Crippen molar-refractivity contribution in [3.63, 3.8) is 0 Å². The average Bonchev–Trinajstić information content (AvgIpc) is 0.943. The minimum Gasteiger partial charge on any atom is -0.171 e. The summed E-state index contributed by atoms with van der Waals surface area (Å²) in [7, 11) is 0. The quantitative estimate of drug-likeness (QED) is 0.259. The van der Waals surface area contributed by atoms with Crippen LogP contribution in [0.15, 0.2) is 0 Å². The summed E-state index contributed by atoms with van der Waals surface area (Å²) in [5, 5.41) is 0. The largest absolute Gasteiger partial charge is 0.393 e. The van der Waals surface area contributed by atoms with Gasteiger partial charge in [-0.05, 0) is 165 Å². The van der Waals surface area contributed by atoms with E-state index in [0.717, 1.165) is 52.4 Å². The molecule has 0 unspecified atom stereocenters. The van der Waals surface area contributed by atoms with E-state index in [1.807, 2.05) is 90.0 Å². The van der Waals surface area contributed by atoms with E-state index in [1.165, 1.54) is 86.5 Å². The predicted octanol–water partition coefficient (Wildman–Crippen LogP) is 29.5. The Balaban J connectivity index is -0.000000255. The Kier molecular flexibility index (Phi) is 25.3. The molecule has 80 heavy (non-hydrogen) atoms. The van der Waals surface area contributed by atoms with Crippen molar-refractivity contribution >= 4 is 0 Å². The maximum atomic E-state index is 12.6. The number of rotatable bonds is 2. The number of hydrogen-bond acceptors (Lipinski definition) is 0. The first kappa shape index (κ1) is 54.0. The molecule has 0 amide bonds. The summed E-state index contributed by atoms with van der Waals surface area (Å²) >= 11 is 0. The van der Waals surface area contributed by atoms with Crippen LogP contribution in [0, 0.1) is 100 Å². The minimum atomic E-state index is -4.54. The number of hydrogen-bond donors (Lipinski definition) is 0. The number of halogens is 3. The summed E-state index contributed by atoms with van der Waals surface area (Å²) in [4.78, 5) is 0. The monoisotopic (exact) mass is 1170 g/mol. The molecule has 3 saturated carbocycles. The van der Waals surface area contributed by atoms with Crippen LogP contribution in [0.3, 0.4) is 0 Å². The summed E-state index contributed by atoms with van der Waals surface area (Å²) in [5.74, 6) is -3.09. The Hall–Kier alpha value is -0.210. The van der Waals surface area contributed by atoms with Crippen molar-refractivity contribution in [1.82, 2.24) is 0 Å². The third-order valence-corrected chi connectivity index (χ3v) is 13.5. The van der Waals surface area contributed by atoms with Crippen LogP contribution < -0.4 is 0 Å². The lowest BCUT2D eigenvalue weighted by Gasteiger charge is -2.40. The lowest BCUT2D eigenvalue weighted by Crippen LogP contribution is -2.35. The fourth-order valence-electron chi connectivity index (χ4n) is 8.26. The lowest BCUT2D eigenvalue weighted by molar-refractivity contribution is -0.220. The Bertz CT molecular complexity index is 2190. The molecule has 0 aliphatic heterocycles. The first-order chi connectivity index (χ1) is 43.0. The normalized spacial score (nSPS) is 24.3. The number of alkyl halides is 3. The fraction of sp³-hybridized carbons (Fsp3) is 1.00. The van der Waals surface area contributed by atoms with Crippen LogP contribution in [-0.2, 0) is 0 Å². The SMILES string of the molecule is [2H]C(C)(C)C(C)(C)C.[2H]C([2H])(C(C)(C)C)C(C)(C)C.[2H]C([2H])(C(C)(C)C)C(C)(C)C(F)(F)F.[2H]C([2H])(C(C)C)C(C)(C)C.[2H]C([2H])([2H])C([2H])(C([2H])([2H])[2H])C(C)(C)C.[2H]C([2H])([2H])C([2H])([2H])C(C)(C)C.[2H]C1(C(C)(C)C)CCC(C)(C)CC1.[2H]C1(C(C)(C)C)CCCC1.[2H]C1(C(C)(C)C)CCCCC1. The van der Waals surface area contributed by atoms with Crippen molar-refractivity contribution in [2.45, 2.75) is 399 Å². The van der Waals surface area contributed by atoms with Gasteiger partial charge in [-0.2, -0.15) is 13.2 Å². The molecule has 3 rings (SSSR count). The van der Waals surface area contributed by atoms with Crippen molar-refractivity contribution < 1.29 is 43.3 Å². The van der Waals surface area contributed by atoms with E-state index in [1.54, 1.807) is 20.8 Å². The Morgan fingerprint density at radius 1 is 0.425 bits per heavy atom. The van der Waals surface area contributed by atoms with Gasteiger partial charge in [0.05, 0.1) is 5.41 Å². The van der Waals surface area contributed by atoms with Crippen LogP contribution in [0.4, 0.5) is 13.2 Å². The van der Waals surface area contributed by atoms with Gasteiger partial charge in [-0.15, -0.1) is 0 Å². The molecule has 3 aliphatic rings. The molecule has 0 aromatic heterocycles. The van der Waals surface area contributed by atoms with Gasteiger partial charge >= 0.3 is 6.18 Å². The zero-order valence-corrected chi connectivity index (χ0v) is 61.4. The van der Waals surface area contributed by atoms with Gasteiger partial charge in [0.1, 0.15) is 0 Å². The van der Waals surface area contributed by atoms with Crippen molar-refractivity contribution in [2.24, 2.45) is 100 Å². The Morgan fingerprint density at radius 3 is 0.812 bits per heavy atom. The zero-order valence-electron chi connectivity index (χ0n) is 83.4. The molecule has 0 aromatic rings. The van der Waals surface area contributed by atoms with Crippen LogP contribution >= 0.6 is 0 Å². The van der Waals surface area contributed by atoms with Gasteiger partial charge in [0, 0.05) is 30.2 Å². The first-order valence-electron chi connectivity index (χ1n) is 42.1. The second-order valence-corrected chi connectivity index (χ2v) is 35.4. The highest BCUT2D eigenvalue weighted by Gasteiger charge is 2.48. The van der Waals surface area contributed by atoms with E-state index in [2.05, 4.69) is 96.9 Å². The molecule has 3 fully saturated rings. The van der Waals surface area contributed by atoms with Gasteiger partial charge in [0.25, 0.3) is 0 Å². The first-order valence-corrected chi connectivity index (χ1v) is 31.1. The highest BCUT2D eigenvalue weighted by Crippen LogP contribution is 2.46. The molecule has 0 bridgehead atoms. The molecule has 3 aliphatic carbocycles. The van der Waals surface area contributed by atoms with Gasteiger partial charge in [0.2, 0.25) is 0 Å². The fourth-order valence-corrected chi connectivity index (χ4v) is 8.26. The van der Waals surface area contributed by atoms with Crippen LogP contribution in [0.25, 0.3) is 0 Å². The Morgan fingerprint density at radius 2 is 0.700 bits per heavy atom. The third kappa shape index (κ3) is 62.3. The van der Waals surface area contributed by atoms with Gasteiger partial charge in [-0.1, -0.05) is 322 Å².